The molecule has 0 aliphatic carbocycles. The van der Waals surface area contributed by atoms with Crippen LogP contribution in [0.4, 0.5) is 0 Å². The predicted molar refractivity (Wildman–Crippen MR) is 152 cm³/mol. The van der Waals surface area contributed by atoms with Gasteiger partial charge in [-0.25, -0.2) is 0 Å². The molecule has 3 aromatic heterocycles. The van der Waals surface area contributed by atoms with Gasteiger partial charge in [0.15, 0.2) is 0 Å². The molecule has 4 heteroatoms. The van der Waals surface area contributed by atoms with Gasteiger partial charge in [-0.15, -0.1) is 53.6 Å². The third-order valence-electron chi connectivity index (χ3n) is 6.48. The van der Waals surface area contributed by atoms with Gasteiger partial charge in [-0.2, -0.15) is 0 Å². The van der Waals surface area contributed by atoms with Crippen LogP contribution < -0.4 is 0 Å². The maximum atomic E-state index is 6.16. The molecular formula is C34H30IrN2O-2. The van der Waals surface area contributed by atoms with Gasteiger partial charge in [0.2, 0.25) is 0 Å². The van der Waals surface area contributed by atoms with Gasteiger partial charge in [-0.3, -0.25) is 0 Å². The van der Waals surface area contributed by atoms with E-state index in [2.05, 4.69) is 86.2 Å². The second kappa shape index (κ2) is 12.3. The predicted octanol–water partition coefficient (Wildman–Crippen LogP) is 9.24. The van der Waals surface area contributed by atoms with Crippen molar-refractivity contribution in [3.05, 3.63) is 121 Å². The molecule has 0 atom stereocenters. The summed E-state index contributed by atoms with van der Waals surface area (Å²) >= 11 is 0. The zero-order valence-corrected chi connectivity index (χ0v) is 24.4. The summed E-state index contributed by atoms with van der Waals surface area (Å²) in [7, 11) is 0. The van der Waals surface area contributed by atoms with Crippen LogP contribution in [-0.4, -0.2) is 9.97 Å². The second-order valence-corrected chi connectivity index (χ2v) is 9.73. The third kappa shape index (κ3) is 5.93. The van der Waals surface area contributed by atoms with Crippen molar-refractivity contribution in [2.24, 2.45) is 0 Å². The summed E-state index contributed by atoms with van der Waals surface area (Å²) < 4.78 is 6.16. The van der Waals surface area contributed by atoms with Gasteiger partial charge in [-0.05, 0) is 47.0 Å². The van der Waals surface area contributed by atoms with Gasteiger partial charge in [0.05, 0.1) is 5.58 Å². The van der Waals surface area contributed by atoms with Crippen molar-refractivity contribution in [3.63, 3.8) is 0 Å². The molecule has 193 valence electrons. The van der Waals surface area contributed by atoms with Crippen molar-refractivity contribution in [1.29, 1.82) is 0 Å². The number of aromatic nitrogens is 2. The summed E-state index contributed by atoms with van der Waals surface area (Å²) in [5, 5.41) is 2.26. The zero-order valence-electron chi connectivity index (χ0n) is 22.0. The van der Waals surface area contributed by atoms with E-state index in [9.17, 15) is 0 Å². The van der Waals surface area contributed by atoms with E-state index in [1.807, 2.05) is 54.7 Å². The molecule has 0 spiro atoms. The minimum absolute atomic E-state index is 0. The number of nitrogens with zero attached hydrogens (tertiary/aromatic N) is 2. The molecule has 0 amide bonds. The molecule has 0 saturated heterocycles. The van der Waals surface area contributed by atoms with Crippen LogP contribution in [0.3, 0.4) is 0 Å². The Labute approximate surface area is 238 Å². The molecule has 0 aliphatic rings. The molecular weight excluding hydrogens is 645 g/mol. The Morgan fingerprint density at radius 2 is 1.32 bits per heavy atom. The molecule has 6 aromatic rings. The van der Waals surface area contributed by atoms with Crippen LogP contribution in [0, 0.1) is 12.1 Å². The average molecular weight is 675 g/mol. The summed E-state index contributed by atoms with van der Waals surface area (Å²) in [4.78, 5) is 8.74. The fraction of sp³-hybridized carbons (Fsp3) is 0.176. The van der Waals surface area contributed by atoms with Gasteiger partial charge in [-0.1, -0.05) is 75.0 Å². The van der Waals surface area contributed by atoms with Gasteiger partial charge < -0.3 is 14.4 Å². The van der Waals surface area contributed by atoms with Crippen molar-refractivity contribution in [1.82, 2.24) is 9.97 Å². The topological polar surface area (TPSA) is 38.9 Å². The van der Waals surface area contributed by atoms with Gasteiger partial charge in [0.25, 0.3) is 0 Å². The minimum atomic E-state index is 0. The van der Waals surface area contributed by atoms with Crippen LogP contribution in [0.15, 0.2) is 102 Å². The van der Waals surface area contributed by atoms with E-state index in [1.54, 1.807) is 6.20 Å². The van der Waals surface area contributed by atoms with Crippen LogP contribution in [0.5, 0.6) is 0 Å². The van der Waals surface area contributed by atoms with E-state index in [1.165, 1.54) is 11.1 Å². The summed E-state index contributed by atoms with van der Waals surface area (Å²) in [5.41, 5.74) is 8.26. The summed E-state index contributed by atoms with van der Waals surface area (Å²) in [5.74, 6) is 1.03. The Morgan fingerprint density at radius 1 is 0.658 bits per heavy atom. The molecule has 3 nitrogen and oxygen atoms in total. The van der Waals surface area contributed by atoms with E-state index in [0.29, 0.717) is 11.8 Å². The molecule has 0 aliphatic heterocycles. The van der Waals surface area contributed by atoms with Crippen LogP contribution in [0.2, 0.25) is 0 Å². The number of hydrogen-bond acceptors (Lipinski definition) is 3. The molecule has 6 rings (SSSR count). The summed E-state index contributed by atoms with van der Waals surface area (Å²) in [6.07, 6.45) is 3.60. The molecule has 1 radical (unpaired) electrons. The van der Waals surface area contributed by atoms with Gasteiger partial charge in [0.1, 0.15) is 5.58 Å². The first-order valence-corrected chi connectivity index (χ1v) is 12.7. The molecule has 3 aromatic carbocycles. The summed E-state index contributed by atoms with van der Waals surface area (Å²) in [6.45, 7) is 8.77. The number of fused-ring (bicyclic) bond motifs is 3. The monoisotopic (exact) mass is 675 g/mol. The van der Waals surface area contributed by atoms with Crippen molar-refractivity contribution >= 4 is 21.9 Å². The summed E-state index contributed by atoms with van der Waals surface area (Å²) in [6, 6.07) is 35.0. The average Bonchev–Trinajstić information content (AvgIpc) is 3.32. The Kier molecular flexibility index (Phi) is 8.88. The molecule has 0 fully saturated rings. The van der Waals surface area contributed by atoms with Crippen molar-refractivity contribution in [2.45, 2.75) is 39.5 Å². The van der Waals surface area contributed by atoms with Crippen LogP contribution in [0.25, 0.3) is 44.5 Å². The maximum Gasteiger partial charge on any atom is 0.121 e. The number of benzene rings is 3. The number of hydrogen-bond donors (Lipinski definition) is 0. The standard InChI is InChI=1S/C20H16NO.C14H14N.Ir/c1-13(2)14-9-10-15-16-6-5-7-17(18-8-3-4-11-21-18)20(16)22-19(15)12-14;1-11(2)12-6-5-7-13(10-12)14-8-3-4-9-15-14;/h3-6,8-13H,1-2H3;3-6,8-11H,1-2H3;/q2*-1;. The van der Waals surface area contributed by atoms with Crippen molar-refractivity contribution in [2.75, 3.05) is 0 Å². The quantitative estimate of drug-likeness (QED) is 0.175. The van der Waals surface area contributed by atoms with E-state index in [4.69, 9.17) is 4.42 Å². The Morgan fingerprint density at radius 3 is 1.97 bits per heavy atom. The number of furan rings is 1. The Balaban J connectivity index is 0.000000185. The first kappa shape index (κ1) is 27.4. The number of rotatable bonds is 4. The molecule has 0 saturated carbocycles. The largest absolute Gasteiger partial charge is 0.501 e. The molecule has 38 heavy (non-hydrogen) atoms. The van der Waals surface area contributed by atoms with Crippen molar-refractivity contribution in [3.8, 4) is 22.5 Å². The third-order valence-corrected chi connectivity index (χ3v) is 6.48. The zero-order chi connectivity index (χ0) is 25.8. The van der Waals surface area contributed by atoms with E-state index in [-0.39, 0.29) is 20.1 Å². The molecule has 0 N–H and O–H groups in total. The van der Waals surface area contributed by atoms with Gasteiger partial charge >= 0.3 is 0 Å². The molecule has 0 unspecified atom stereocenters. The normalized spacial score (nSPS) is 10.9. The van der Waals surface area contributed by atoms with E-state index < -0.39 is 0 Å². The van der Waals surface area contributed by atoms with Crippen LogP contribution >= 0.6 is 0 Å². The second-order valence-electron chi connectivity index (χ2n) is 9.73. The Hall–Kier alpha value is -3.59. The van der Waals surface area contributed by atoms with Crippen LogP contribution in [0.1, 0.15) is 50.7 Å². The first-order chi connectivity index (χ1) is 18.0. The molecule has 3 heterocycles. The smallest absolute Gasteiger partial charge is 0.121 e. The molecule has 0 bridgehead atoms. The fourth-order valence-electron chi connectivity index (χ4n) is 4.33. The number of pyridine rings is 2. The van der Waals surface area contributed by atoms with Gasteiger partial charge in [0, 0.05) is 37.9 Å². The Bertz CT molecular complexity index is 1620. The van der Waals surface area contributed by atoms with Crippen LogP contribution in [-0.2, 0) is 20.1 Å². The first-order valence-electron chi connectivity index (χ1n) is 12.7. The van der Waals surface area contributed by atoms with E-state index >= 15 is 0 Å². The maximum absolute atomic E-state index is 6.16. The fourth-order valence-corrected chi connectivity index (χ4v) is 4.33. The van der Waals surface area contributed by atoms with Crippen molar-refractivity contribution < 1.29 is 24.5 Å². The minimum Gasteiger partial charge on any atom is -0.501 e. The SMILES string of the molecule is CC(C)c1cc[c-]c(-c2ccccn2)c1.CC(C)c1ccc2c(c1)oc1c(-c3ccccn3)[c-]ccc12.[Ir]. The van der Waals surface area contributed by atoms with E-state index in [0.717, 1.165) is 44.5 Å².